The van der Waals surface area contributed by atoms with Crippen LogP contribution in [0.4, 0.5) is 0 Å². The van der Waals surface area contributed by atoms with Crippen molar-refractivity contribution >= 4 is 0 Å². The highest BCUT2D eigenvalue weighted by Gasteiger charge is 2.22. The molecule has 0 N–H and O–H groups in total. The van der Waals surface area contributed by atoms with Crippen molar-refractivity contribution < 1.29 is 0 Å². The van der Waals surface area contributed by atoms with Gasteiger partial charge in [-0.05, 0) is 31.6 Å². The third-order valence-electron chi connectivity index (χ3n) is 3.59. The Hall–Kier alpha value is -0.460. The van der Waals surface area contributed by atoms with Crippen LogP contribution in [-0.4, -0.2) is 18.0 Å². The maximum atomic E-state index is 4.29. The van der Waals surface area contributed by atoms with Gasteiger partial charge in [-0.15, -0.1) is 0 Å². The summed E-state index contributed by atoms with van der Waals surface area (Å²) in [5.41, 5.74) is 1.46. The van der Waals surface area contributed by atoms with Crippen LogP contribution in [0.15, 0.2) is 12.3 Å². The van der Waals surface area contributed by atoms with Gasteiger partial charge in [0.1, 0.15) is 0 Å². The quantitative estimate of drug-likeness (QED) is 0.629. The van der Waals surface area contributed by atoms with Gasteiger partial charge in [-0.3, -0.25) is 0 Å². The number of nitrogens with zero attached hydrogens (tertiary/aromatic N) is 1. The van der Waals surface area contributed by atoms with Crippen LogP contribution in [0.25, 0.3) is 0 Å². The summed E-state index contributed by atoms with van der Waals surface area (Å²) in [6, 6.07) is 0. The van der Waals surface area contributed by atoms with Crippen LogP contribution in [0.5, 0.6) is 0 Å². The molecule has 1 saturated heterocycles. The van der Waals surface area contributed by atoms with Crippen LogP contribution in [0, 0.1) is 5.92 Å². The summed E-state index contributed by atoms with van der Waals surface area (Å²) in [6.07, 6.45) is 9.86. The van der Waals surface area contributed by atoms with Crippen molar-refractivity contribution in [2.75, 3.05) is 13.1 Å². The standard InChI is InChI=1S/C12H21N/c1-11(13-9-5-6-10-13)12-7-3-2-4-8-12/h12H,1-10H2. The van der Waals surface area contributed by atoms with Gasteiger partial charge in [-0.2, -0.15) is 0 Å². The zero-order valence-corrected chi connectivity index (χ0v) is 8.60. The first kappa shape index (κ1) is 9.11. The summed E-state index contributed by atoms with van der Waals surface area (Å²) < 4.78 is 0. The lowest BCUT2D eigenvalue weighted by molar-refractivity contribution is 0.305. The van der Waals surface area contributed by atoms with E-state index < -0.39 is 0 Å². The highest BCUT2D eigenvalue weighted by Crippen LogP contribution is 2.31. The Labute approximate surface area is 81.8 Å². The molecule has 13 heavy (non-hydrogen) atoms. The van der Waals surface area contributed by atoms with E-state index in [-0.39, 0.29) is 0 Å². The van der Waals surface area contributed by atoms with Gasteiger partial charge in [0.05, 0.1) is 0 Å². The Morgan fingerprint density at radius 3 is 2.15 bits per heavy atom. The molecular weight excluding hydrogens is 158 g/mol. The van der Waals surface area contributed by atoms with Crippen LogP contribution in [-0.2, 0) is 0 Å². The second-order valence-corrected chi connectivity index (χ2v) is 4.52. The molecule has 1 saturated carbocycles. The smallest absolute Gasteiger partial charge is 0.0175 e. The topological polar surface area (TPSA) is 3.24 Å². The molecule has 2 aliphatic rings. The molecule has 0 aromatic heterocycles. The molecule has 0 unspecified atom stereocenters. The van der Waals surface area contributed by atoms with Crippen molar-refractivity contribution in [3.63, 3.8) is 0 Å². The highest BCUT2D eigenvalue weighted by atomic mass is 15.1. The van der Waals surface area contributed by atoms with Gasteiger partial charge in [0, 0.05) is 18.8 Å². The minimum absolute atomic E-state index is 0.826. The molecule has 2 rings (SSSR count). The van der Waals surface area contributed by atoms with Crippen LogP contribution in [0.2, 0.25) is 0 Å². The lowest BCUT2D eigenvalue weighted by Crippen LogP contribution is -2.24. The van der Waals surface area contributed by atoms with Gasteiger partial charge in [0.2, 0.25) is 0 Å². The molecule has 0 spiro atoms. The minimum atomic E-state index is 0.826. The second kappa shape index (κ2) is 4.17. The van der Waals surface area contributed by atoms with Crippen molar-refractivity contribution in [2.24, 2.45) is 5.92 Å². The molecule has 0 radical (unpaired) electrons. The average molecular weight is 179 g/mol. The number of hydrogen-bond acceptors (Lipinski definition) is 1. The molecule has 1 aliphatic heterocycles. The Morgan fingerprint density at radius 2 is 1.54 bits per heavy atom. The van der Waals surface area contributed by atoms with Crippen molar-refractivity contribution in [3.8, 4) is 0 Å². The fraction of sp³-hybridized carbons (Fsp3) is 0.833. The van der Waals surface area contributed by atoms with Crippen molar-refractivity contribution in [2.45, 2.75) is 44.9 Å². The first-order chi connectivity index (χ1) is 6.38. The van der Waals surface area contributed by atoms with E-state index in [0.717, 1.165) is 5.92 Å². The molecule has 1 aliphatic carbocycles. The van der Waals surface area contributed by atoms with Gasteiger partial charge >= 0.3 is 0 Å². The zero-order chi connectivity index (χ0) is 9.10. The van der Waals surface area contributed by atoms with Crippen LogP contribution in [0.1, 0.15) is 44.9 Å². The van der Waals surface area contributed by atoms with Crippen molar-refractivity contribution in [3.05, 3.63) is 12.3 Å². The summed E-state index contributed by atoms with van der Waals surface area (Å²) in [5.74, 6) is 0.826. The maximum absolute atomic E-state index is 4.29. The third kappa shape index (κ3) is 2.07. The van der Waals surface area contributed by atoms with E-state index in [0.29, 0.717) is 0 Å². The van der Waals surface area contributed by atoms with E-state index in [9.17, 15) is 0 Å². The molecule has 0 atom stereocenters. The summed E-state index contributed by atoms with van der Waals surface area (Å²) in [7, 11) is 0. The molecule has 0 bridgehead atoms. The lowest BCUT2D eigenvalue weighted by Gasteiger charge is -2.30. The Morgan fingerprint density at radius 1 is 0.923 bits per heavy atom. The highest BCUT2D eigenvalue weighted by molar-refractivity contribution is 5.02. The third-order valence-corrected chi connectivity index (χ3v) is 3.59. The zero-order valence-electron chi connectivity index (χ0n) is 8.60. The van der Waals surface area contributed by atoms with E-state index in [1.165, 1.54) is 63.7 Å². The van der Waals surface area contributed by atoms with Crippen LogP contribution < -0.4 is 0 Å². The van der Waals surface area contributed by atoms with Crippen molar-refractivity contribution in [1.82, 2.24) is 4.90 Å². The van der Waals surface area contributed by atoms with E-state index in [1.54, 1.807) is 0 Å². The van der Waals surface area contributed by atoms with Crippen LogP contribution >= 0.6 is 0 Å². The minimum Gasteiger partial charge on any atom is -0.375 e. The maximum Gasteiger partial charge on any atom is 0.0175 e. The lowest BCUT2D eigenvalue weighted by atomic mass is 9.87. The molecule has 1 heterocycles. The van der Waals surface area contributed by atoms with Gasteiger partial charge < -0.3 is 4.90 Å². The molecule has 0 aromatic carbocycles. The largest absolute Gasteiger partial charge is 0.375 e. The average Bonchev–Trinajstić information content (AvgIpc) is 2.71. The summed E-state index contributed by atoms with van der Waals surface area (Å²) >= 11 is 0. The Balaban J connectivity index is 1.87. The summed E-state index contributed by atoms with van der Waals surface area (Å²) in [6.45, 7) is 6.83. The second-order valence-electron chi connectivity index (χ2n) is 4.52. The fourth-order valence-corrected chi connectivity index (χ4v) is 2.70. The monoisotopic (exact) mass is 179 g/mol. The molecule has 0 aromatic rings. The van der Waals surface area contributed by atoms with Gasteiger partial charge in [-0.25, -0.2) is 0 Å². The van der Waals surface area contributed by atoms with E-state index in [1.807, 2.05) is 0 Å². The number of rotatable bonds is 2. The molecule has 0 amide bonds. The molecule has 74 valence electrons. The number of hydrogen-bond donors (Lipinski definition) is 0. The van der Waals surface area contributed by atoms with Gasteiger partial charge in [0.25, 0.3) is 0 Å². The molecule has 1 heteroatoms. The predicted molar refractivity (Wildman–Crippen MR) is 56.5 cm³/mol. The Kier molecular flexibility index (Phi) is 2.92. The van der Waals surface area contributed by atoms with E-state index in [2.05, 4.69) is 11.5 Å². The van der Waals surface area contributed by atoms with Crippen molar-refractivity contribution in [1.29, 1.82) is 0 Å². The van der Waals surface area contributed by atoms with Gasteiger partial charge in [0.15, 0.2) is 0 Å². The Bertz CT molecular complexity index is 174. The number of likely N-dealkylation sites (tertiary alicyclic amines) is 1. The number of allylic oxidation sites excluding steroid dienone is 1. The summed E-state index contributed by atoms with van der Waals surface area (Å²) in [4.78, 5) is 2.52. The van der Waals surface area contributed by atoms with Crippen LogP contribution in [0.3, 0.4) is 0 Å². The van der Waals surface area contributed by atoms with Gasteiger partial charge in [-0.1, -0.05) is 25.8 Å². The molecule has 2 fully saturated rings. The van der Waals surface area contributed by atoms with E-state index >= 15 is 0 Å². The fourth-order valence-electron chi connectivity index (χ4n) is 2.70. The summed E-state index contributed by atoms with van der Waals surface area (Å²) in [5, 5.41) is 0. The predicted octanol–water partition coefficient (Wildman–Crippen LogP) is 3.18. The molecule has 1 nitrogen and oxygen atoms in total. The molecular formula is C12H21N. The SMILES string of the molecule is C=C(C1CCCCC1)N1CCCC1. The first-order valence-corrected chi connectivity index (χ1v) is 5.81. The van der Waals surface area contributed by atoms with E-state index in [4.69, 9.17) is 0 Å². The normalized spacial score (nSPS) is 25.1. The first-order valence-electron chi connectivity index (χ1n) is 5.81.